The molecule has 0 amide bonds. The summed E-state index contributed by atoms with van der Waals surface area (Å²) < 4.78 is 2.63. The molecule has 0 radical (unpaired) electrons. The van der Waals surface area contributed by atoms with Gasteiger partial charge in [0.1, 0.15) is 0 Å². The van der Waals surface area contributed by atoms with E-state index in [1.165, 1.54) is 97.9 Å². The largest absolute Gasteiger partial charge is 0.228 e. The molecule has 2 spiro atoms. The van der Waals surface area contributed by atoms with Gasteiger partial charge in [-0.1, -0.05) is 231 Å². The Morgan fingerprint density at radius 2 is 0.808 bits per heavy atom. The number of nitrogens with zero attached hydrogens (tertiary/aromatic N) is 2. The Labute approximate surface area is 427 Å². The third kappa shape index (κ3) is 5.47. The Morgan fingerprint density at radius 1 is 0.288 bits per heavy atom. The van der Waals surface area contributed by atoms with Crippen molar-refractivity contribution in [2.75, 3.05) is 0 Å². The van der Waals surface area contributed by atoms with Gasteiger partial charge in [0, 0.05) is 42.4 Å². The van der Waals surface area contributed by atoms with Gasteiger partial charge in [0.15, 0.2) is 5.82 Å². The first kappa shape index (κ1) is 40.7. The van der Waals surface area contributed by atoms with E-state index >= 15 is 0 Å². The summed E-state index contributed by atoms with van der Waals surface area (Å²) in [6.45, 7) is 0. The Hall–Kier alpha value is -9.02. The van der Waals surface area contributed by atoms with Crippen LogP contribution in [0.2, 0.25) is 0 Å². The summed E-state index contributed by atoms with van der Waals surface area (Å²) in [7, 11) is 0. The summed E-state index contributed by atoms with van der Waals surface area (Å²) >= 11 is 1.93. The number of aromatic nitrogens is 2. The van der Waals surface area contributed by atoms with E-state index < -0.39 is 10.8 Å². The van der Waals surface area contributed by atoms with Crippen LogP contribution < -0.4 is 0 Å². The molecule has 0 saturated heterocycles. The lowest BCUT2D eigenvalue weighted by atomic mass is 9.52. The van der Waals surface area contributed by atoms with Crippen LogP contribution in [0.1, 0.15) is 44.5 Å². The Kier molecular flexibility index (Phi) is 8.50. The van der Waals surface area contributed by atoms with Crippen molar-refractivity contribution in [2.24, 2.45) is 0 Å². The second-order valence-corrected chi connectivity index (χ2v) is 20.9. The Balaban J connectivity index is 0.971. The topological polar surface area (TPSA) is 25.8 Å². The molecule has 13 aromatic rings. The fraction of sp³-hybridized carbons (Fsp3) is 0.0286. The number of thiophene rings is 1. The average Bonchev–Trinajstić information content (AvgIpc) is 4.23. The highest BCUT2D eigenvalue weighted by atomic mass is 32.1. The van der Waals surface area contributed by atoms with Crippen molar-refractivity contribution in [3.05, 3.63) is 299 Å². The number of rotatable bonds is 4. The summed E-state index contributed by atoms with van der Waals surface area (Å²) in [5, 5.41) is 4.96. The zero-order chi connectivity index (χ0) is 47.8. The summed E-state index contributed by atoms with van der Waals surface area (Å²) in [6, 6.07) is 94.8. The van der Waals surface area contributed by atoms with Crippen LogP contribution in [0.3, 0.4) is 0 Å². The van der Waals surface area contributed by atoms with Crippen LogP contribution in [-0.2, 0) is 10.8 Å². The molecule has 0 aliphatic heterocycles. The molecular formula is C70H42N2S. The van der Waals surface area contributed by atoms with Gasteiger partial charge >= 0.3 is 0 Å². The molecule has 2 aromatic heterocycles. The maximum atomic E-state index is 5.39. The predicted molar refractivity (Wildman–Crippen MR) is 302 cm³/mol. The standard InChI is InChI=1S/C70H42N2S/c1-2-19-44(20-3-1)62-42-63(72-68(71-62)48-37-36-43-18-4-5-21-45(43)40-48)47-23-16-22-46(41-47)49-27-17-34-60-65(49)66-61(39-38-53-52-26-8-15-35-64(52)73-67(53)66)70(60)58-32-13-11-30-56(58)69(57-31-12-14-33-59(57)70)54-28-9-6-24-50(54)51-25-7-10-29-55(51)69/h1-42H. The molecule has 0 saturated carbocycles. The third-order valence-electron chi connectivity index (χ3n) is 16.4. The van der Waals surface area contributed by atoms with Crippen molar-refractivity contribution in [3.63, 3.8) is 0 Å². The van der Waals surface area contributed by atoms with E-state index in [0.29, 0.717) is 5.82 Å². The molecule has 3 aliphatic carbocycles. The van der Waals surface area contributed by atoms with Crippen molar-refractivity contribution in [1.29, 1.82) is 0 Å². The fourth-order valence-electron chi connectivity index (χ4n) is 13.5. The van der Waals surface area contributed by atoms with Crippen LogP contribution in [-0.4, -0.2) is 9.97 Å². The second-order valence-electron chi connectivity index (χ2n) is 19.8. The van der Waals surface area contributed by atoms with Crippen LogP contribution in [0.4, 0.5) is 0 Å². The highest BCUT2D eigenvalue weighted by Gasteiger charge is 2.59. The van der Waals surface area contributed by atoms with Gasteiger partial charge in [0.05, 0.1) is 22.2 Å². The second kappa shape index (κ2) is 15.2. The molecule has 0 N–H and O–H groups in total. The zero-order valence-corrected chi connectivity index (χ0v) is 40.4. The van der Waals surface area contributed by atoms with Crippen LogP contribution in [0.15, 0.2) is 255 Å². The molecule has 11 aromatic carbocycles. The fourth-order valence-corrected chi connectivity index (χ4v) is 14.7. The van der Waals surface area contributed by atoms with E-state index in [1.54, 1.807) is 0 Å². The number of hydrogen-bond donors (Lipinski definition) is 0. The van der Waals surface area contributed by atoms with Gasteiger partial charge in [-0.05, 0) is 107 Å². The Bertz CT molecular complexity index is 4370. The van der Waals surface area contributed by atoms with Crippen molar-refractivity contribution in [2.45, 2.75) is 10.8 Å². The number of benzene rings is 11. The minimum Gasteiger partial charge on any atom is -0.228 e. The first-order valence-corrected chi connectivity index (χ1v) is 26.0. The van der Waals surface area contributed by atoms with Crippen LogP contribution >= 0.6 is 11.3 Å². The molecule has 73 heavy (non-hydrogen) atoms. The molecular weight excluding hydrogens is 901 g/mol. The van der Waals surface area contributed by atoms with Gasteiger partial charge in [-0.2, -0.15) is 0 Å². The number of hydrogen-bond acceptors (Lipinski definition) is 3. The first-order chi connectivity index (χ1) is 36.2. The summed E-state index contributed by atoms with van der Waals surface area (Å²) in [6.07, 6.45) is 0. The highest BCUT2D eigenvalue weighted by molar-refractivity contribution is 7.26. The third-order valence-corrected chi connectivity index (χ3v) is 17.6. The van der Waals surface area contributed by atoms with E-state index in [2.05, 4.69) is 255 Å². The molecule has 3 heteroatoms. The first-order valence-electron chi connectivity index (χ1n) is 25.2. The number of fused-ring (bicyclic) bond motifs is 21. The van der Waals surface area contributed by atoms with Crippen LogP contribution in [0, 0.1) is 0 Å². The molecule has 338 valence electrons. The average molecular weight is 943 g/mol. The molecule has 0 bridgehead atoms. The quantitative estimate of drug-likeness (QED) is 0.176. The van der Waals surface area contributed by atoms with Crippen LogP contribution in [0.25, 0.3) is 98.2 Å². The lowest BCUT2D eigenvalue weighted by Gasteiger charge is -2.48. The van der Waals surface area contributed by atoms with E-state index in [4.69, 9.17) is 9.97 Å². The van der Waals surface area contributed by atoms with Crippen molar-refractivity contribution in [1.82, 2.24) is 9.97 Å². The summed E-state index contributed by atoms with van der Waals surface area (Å²) in [4.78, 5) is 10.6. The minimum atomic E-state index is -0.625. The van der Waals surface area contributed by atoms with Crippen molar-refractivity contribution >= 4 is 42.3 Å². The molecule has 2 heterocycles. The van der Waals surface area contributed by atoms with Gasteiger partial charge < -0.3 is 0 Å². The molecule has 0 fully saturated rings. The van der Waals surface area contributed by atoms with Gasteiger partial charge in [0.2, 0.25) is 0 Å². The monoisotopic (exact) mass is 942 g/mol. The molecule has 0 unspecified atom stereocenters. The molecule has 3 aliphatic rings. The Morgan fingerprint density at radius 3 is 1.53 bits per heavy atom. The molecule has 2 nitrogen and oxygen atoms in total. The summed E-state index contributed by atoms with van der Waals surface area (Å²) in [5.74, 6) is 0.705. The van der Waals surface area contributed by atoms with E-state index in [0.717, 1.165) is 39.0 Å². The van der Waals surface area contributed by atoms with E-state index in [9.17, 15) is 0 Å². The maximum Gasteiger partial charge on any atom is 0.160 e. The van der Waals surface area contributed by atoms with Crippen LogP contribution in [0.5, 0.6) is 0 Å². The minimum absolute atomic E-state index is 0.510. The smallest absolute Gasteiger partial charge is 0.160 e. The normalized spacial score (nSPS) is 14.0. The molecule has 16 rings (SSSR count). The van der Waals surface area contributed by atoms with Gasteiger partial charge in [-0.15, -0.1) is 11.3 Å². The SMILES string of the molecule is c1ccc(-c2cc(-c3cccc(-c4cccc5c4-c4c(ccc6c4sc4ccccc46)C54c5ccccc5C5(c6ccccc6-c6ccccc65)c5ccccc54)c3)nc(-c3ccc4ccccc4c3)n2)cc1. The summed E-state index contributed by atoms with van der Waals surface area (Å²) in [5.41, 5.74) is 22.0. The van der Waals surface area contributed by atoms with Gasteiger partial charge in [0.25, 0.3) is 0 Å². The lowest BCUT2D eigenvalue weighted by molar-refractivity contribution is 0.633. The van der Waals surface area contributed by atoms with E-state index in [-0.39, 0.29) is 0 Å². The maximum absolute atomic E-state index is 5.39. The van der Waals surface area contributed by atoms with Crippen molar-refractivity contribution < 1.29 is 0 Å². The molecule has 0 atom stereocenters. The van der Waals surface area contributed by atoms with Gasteiger partial charge in [-0.25, -0.2) is 9.97 Å². The van der Waals surface area contributed by atoms with Gasteiger partial charge in [-0.3, -0.25) is 0 Å². The zero-order valence-electron chi connectivity index (χ0n) is 39.6. The van der Waals surface area contributed by atoms with E-state index in [1.807, 2.05) is 11.3 Å². The highest BCUT2D eigenvalue weighted by Crippen LogP contribution is 2.69. The lowest BCUT2D eigenvalue weighted by Crippen LogP contribution is -2.43. The predicted octanol–water partition coefficient (Wildman–Crippen LogP) is 17.7. The van der Waals surface area contributed by atoms with Crippen molar-refractivity contribution in [3.8, 4) is 67.3 Å².